The highest BCUT2D eigenvalue weighted by atomic mass is 35.5. The zero-order chi connectivity index (χ0) is 23.2. The molecule has 0 radical (unpaired) electrons. The molecule has 1 fully saturated rings. The van der Waals surface area contributed by atoms with Gasteiger partial charge >= 0.3 is 0 Å². The fourth-order valence-electron chi connectivity index (χ4n) is 4.03. The minimum atomic E-state index is -0.511. The molecule has 32 heavy (non-hydrogen) atoms. The summed E-state index contributed by atoms with van der Waals surface area (Å²) in [7, 11) is 0. The van der Waals surface area contributed by atoms with Crippen molar-refractivity contribution in [3.8, 4) is 5.69 Å². The number of thiocarbonyl (C=S) groups is 1. The monoisotopic (exact) mass is 463 g/mol. The standard InChI is InChI=1S/C25H22ClN3O2S/c1-14-9-10-21(15(2)11-14)29-24(31)19(23(30)27-25(29)32)13-18-12-16(3)28(17(18)4)22-8-6-5-7-20(22)26/h5-13H,1-4H3,(H,27,30,32)/b19-13+. The number of rotatable bonds is 3. The first-order valence-electron chi connectivity index (χ1n) is 10.1. The highest BCUT2D eigenvalue weighted by Gasteiger charge is 2.35. The van der Waals surface area contributed by atoms with Gasteiger partial charge in [-0.2, -0.15) is 0 Å². The maximum absolute atomic E-state index is 13.4. The third kappa shape index (κ3) is 3.76. The van der Waals surface area contributed by atoms with Crippen molar-refractivity contribution in [2.45, 2.75) is 27.7 Å². The molecular formula is C25H22ClN3O2S. The Labute approximate surface area is 197 Å². The minimum absolute atomic E-state index is 0.0259. The molecule has 0 spiro atoms. The molecule has 0 atom stereocenters. The van der Waals surface area contributed by atoms with E-state index in [1.54, 1.807) is 6.08 Å². The Morgan fingerprint density at radius 2 is 1.69 bits per heavy atom. The molecule has 1 aliphatic rings. The first-order valence-corrected chi connectivity index (χ1v) is 10.9. The number of anilines is 1. The molecule has 7 heteroatoms. The summed E-state index contributed by atoms with van der Waals surface area (Å²) in [6.07, 6.45) is 1.62. The Balaban J connectivity index is 1.79. The number of aryl methyl sites for hydroxylation is 3. The molecule has 5 nitrogen and oxygen atoms in total. The number of carbonyl (C=O) groups excluding carboxylic acids is 2. The zero-order valence-electron chi connectivity index (χ0n) is 18.2. The number of amides is 2. The summed E-state index contributed by atoms with van der Waals surface area (Å²) in [5.41, 5.74) is 6.06. The third-order valence-corrected chi connectivity index (χ3v) is 6.16. The van der Waals surface area contributed by atoms with Crippen LogP contribution >= 0.6 is 23.8 Å². The maximum Gasteiger partial charge on any atom is 0.270 e. The molecule has 4 rings (SSSR count). The molecule has 1 saturated heterocycles. The molecule has 2 heterocycles. The van der Waals surface area contributed by atoms with Crippen LogP contribution in [0.5, 0.6) is 0 Å². The van der Waals surface area contributed by atoms with Gasteiger partial charge in [-0.25, -0.2) is 0 Å². The summed E-state index contributed by atoms with van der Waals surface area (Å²) in [4.78, 5) is 27.5. The molecule has 0 aliphatic carbocycles. The van der Waals surface area contributed by atoms with Crippen LogP contribution in [-0.2, 0) is 9.59 Å². The number of nitrogens with zero attached hydrogens (tertiary/aromatic N) is 2. The van der Waals surface area contributed by atoms with Crippen LogP contribution in [0.1, 0.15) is 28.1 Å². The molecule has 0 saturated carbocycles. The van der Waals surface area contributed by atoms with E-state index in [9.17, 15) is 9.59 Å². The second-order valence-electron chi connectivity index (χ2n) is 7.86. The first-order chi connectivity index (χ1) is 15.2. The van der Waals surface area contributed by atoms with E-state index >= 15 is 0 Å². The lowest BCUT2D eigenvalue weighted by Crippen LogP contribution is -2.54. The Morgan fingerprint density at radius 1 is 0.969 bits per heavy atom. The van der Waals surface area contributed by atoms with Crippen LogP contribution in [0.3, 0.4) is 0 Å². The minimum Gasteiger partial charge on any atom is -0.316 e. The van der Waals surface area contributed by atoms with Gasteiger partial charge in [-0.3, -0.25) is 19.8 Å². The summed E-state index contributed by atoms with van der Waals surface area (Å²) in [5, 5.41) is 3.35. The van der Waals surface area contributed by atoms with E-state index in [1.165, 1.54) is 4.90 Å². The van der Waals surface area contributed by atoms with Gasteiger partial charge in [-0.15, -0.1) is 0 Å². The van der Waals surface area contributed by atoms with Crippen molar-refractivity contribution in [3.05, 3.63) is 87.2 Å². The van der Waals surface area contributed by atoms with Gasteiger partial charge in [0.1, 0.15) is 5.57 Å². The number of nitrogens with one attached hydrogen (secondary N) is 1. The summed E-state index contributed by atoms with van der Waals surface area (Å²) in [5.74, 6) is -0.961. The van der Waals surface area contributed by atoms with Crippen LogP contribution < -0.4 is 10.2 Å². The lowest BCUT2D eigenvalue weighted by Gasteiger charge is -2.30. The fraction of sp³-hybridized carbons (Fsp3) is 0.160. The van der Waals surface area contributed by atoms with Gasteiger partial charge in [-0.1, -0.05) is 41.4 Å². The molecule has 162 valence electrons. The number of hydrogen-bond donors (Lipinski definition) is 1. The van der Waals surface area contributed by atoms with Crippen LogP contribution in [0.2, 0.25) is 5.02 Å². The number of para-hydroxylation sites is 1. The topological polar surface area (TPSA) is 54.3 Å². The molecule has 1 N–H and O–H groups in total. The quantitative estimate of drug-likeness (QED) is 0.330. The highest BCUT2D eigenvalue weighted by Crippen LogP contribution is 2.29. The van der Waals surface area contributed by atoms with Crippen molar-refractivity contribution in [2.24, 2.45) is 0 Å². The van der Waals surface area contributed by atoms with E-state index < -0.39 is 11.8 Å². The summed E-state index contributed by atoms with van der Waals surface area (Å²) in [6, 6.07) is 15.2. The number of carbonyl (C=O) groups is 2. The van der Waals surface area contributed by atoms with E-state index in [2.05, 4.69) is 5.32 Å². The van der Waals surface area contributed by atoms with Gasteiger partial charge in [0, 0.05) is 11.4 Å². The maximum atomic E-state index is 13.4. The Bertz CT molecular complexity index is 1320. The lowest BCUT2D eigenvalue weighted by atomic mass is 10.0. The van der Waals surface area contributed by atoms with Crippen molar-refractivity contribution in [1.29, 1.82) is 0 Å². The Kier molecular flexibility index (Phi) is 5.75. The average Bonchev–Trinajstić information content (AvgIpc) is 3.00. The van der Waals surface area contributed by atoms with Crippen LogP contribution in [0.25, 0.3) is 11.8 Å². The zero-order valence-corrected chi connectivity index (χ0v) is 19.8. The van der Waals surface area contributed by atoms with Crippen molar-refractivity contribution in [3.63, 3.8) is 0 Å². The van der Waals surface area contributed by atoms with E-state index in [-0.39, 0.29) is 10.7 Å². The van der Waals surface area contributed by atoms with Crippen LogP contribution in [0.15, 0.2) is 54.1 Å². The number of aromatic nitrogens is 1. The smallest absolute Gasteiger partial charge is 0.270 e. The molecule has 3 aromatic rings. The molecule has 2 amide bonds. The predicted molar refractivity (Wildman–Crippen MR) is 132 cm³/mol. The normalized spacial score (nSPS) is 15.5. The fourth-order valence-corrected chi connectivity index (χ4v) is 4.52. The average molecular weight is 464 g/mol. The Morgan fingerprint density at radius 3 is 2.38 bits per heavy atom. The van der Waals surface area contributed by atoms with E-state index in [0.717, 1.165) is 33.8 Å². The highest BCUT2D eigenvalue weighted by molar-refractivity contribution is 7.80. The van der Waals surface area contributed by atoms with Crippen LogP contribution in [0, 0.1) is 27.7 Å². The number of benzene rings is 2. The molecule has 1 aliphatic heterocycles. The van der Waals surface area contributed by atoms with Crippen LogP contribution in [0.4, 0.5) is 5.69 Å². The van der Waals surface area contributed by atoms with Gasteiger partial charge in [-0.05, 0) is 81.4 Å². The van der Waals surface area contributed by atoms with Gasteiger partial charge in [0.15, 0.2) is 5.11 Å². The summed E-state index contributed by atoms with van der Waals surface area (Å²) < 4.78 is 2.01. The number of halogens is 1. The second kappa shape index (κ2) is 8.37. The molecule has 0 unspecified atom stereocenters. The first kappa shape index (κ1) is 22.0. The SMILES string of the molecule is Cc1ccc(N2C(=O)/C(=C/c3cc(C)n(-c4ccccc4Cl)c3C)C(=O)NC2=S)c(C)c1. The van der Waals surface area contributed by atoms with E-state index in [0.29, 0.717) is 10.7 Å². The van der Waals surface area contributed by atoms with Gasteiger partial charge < -0.3 is 4.57 Å². The van der Waals surface area contributed by atoms with E-state index in [1.807, 2.05) is 80.8 Å². The molecular weight excluding hydrogens is 442 g/mol. The van der Waals surface area contributed by atoms with Gasteiger partial charge in [0.2, 0.25) is 0 Å². The predicted octanol–water partition coefficient (Wildman–Crippen LogP) is 5.20. The van der Waals surface area contributed by atoms with Crippen LogP contribution in [-0.4, -0.2) is 21.5 Å². The van der Waals surface area contributed by atoms with Crippen molar-refractivity contribution in [2.75, 3.05) is 4.90 Å². The number of hydrogen-bond acceptors (Lipinski definition) is 3. The van der Waals surface area contributed by atoms with Crippen molar-refractivity contribution >= 4 is 52.5 Å². The molecule has 0 bridgehead atoms. The second-order valence-corrected chi connectivity index (χ2v) is 8.65. The molecule has 2 aromatic carbocycles. The third-order valence-electron chi connectivity index (χ3n) is 5.56. The summed E-state index contributed by atoms with van der Waals surface area (Å²) in [6.45, 7) is 7.78. The molecule has 1 aromatic heterocycles. The van der Waals surface area contributed by atoms with E-state index in [4.69, 9.17) is 23.8 Å². The van der Waals surface area contributed by atoms with Gasteiger partial charge in [0.25, 0.3) is 11.8 Å². The Hall–Kier alpha value is -3.22. The van der Waals surface area contributed by atoms with Crippen molar-refractivity contribution < 1.29 is 9.59 Å². The largest absolute Gasteiger partial charge is 0.316 e. The van der Waals surface area contributed by atoms with Gasteiger partial charge in [0.05, 0.1) is 16.4 Å². The lowest BCUT2D eigenvalue weighted by molar-refractivity contribution is -0.122. The van der Waals surface area contributed by atoms with Crippen molar-refractivity contribution in [1.82, 2.24) is 9.88 Å². The summed E-state index contributed by atoms with van der Waals surface area (Å²) >= 11 is 11.7.